The van der Waals surface area contributed by atoms with Gasteiger partial charge in [-0.2, -0.15) is 0 Å². The van der Waals surface area contributed by atoms with Crippen molar-refractivity contribution in [2.24, 2.45) is 0 Å². The first kappa shape index (κ1) is 18.3. The van der Waals surface area contributed by atoms with E-state index in [2.05, 4.69) is 51.2 Å². The second kappa shape index (κ2) is 7.40. The van der Waals surface area contributed by atoms with Crippen LogP contribution in [0.5, 0.6) is 11.5 Å². The number of carbonyl (C=O) groups excluding carboxylic acids is 1. The molecule has 1 heterocycles. The number of amides is 1. The maximum atomic E-state index is 13.0. The predicted octanol–water partition coefficient (Wildman–Crippen LogP) is 5.10. The van der Waals surface area contributed by atoms with Gasteiger partial charge in [0.25, 0.3) is 5.91 Å². The molecule has 0 saturated carbocycles. The first-order valence-electron chi connectivity index (χ1n) is 9.24. The van der Waals surface area contributed by atoms with Crippen LogP contribution in [0.2, 0.25) is 0 Å². The summed E-state index contributed by atoms with van der Waals surface area (Å²) in [7, 11) is 0. The van der Waals surface area contributed by atoms with Crippen molar-refractivity contribution in [2.75, 3.05) is 5.32 Å². The maximum Gasteiger partial charge on any atom is 0.269 e. The Balaban J connectivity index is 1.89. The van der Waals surface area contributed by atoms with Crippen LogP contribution in [-0.4, -0.2) is 18.1 Å². The highest BCUT2D eigenvalue weighted by Gasteiger charge is 2.34. The Kier molecular flexibility index (Phi) is 5.21. The van der Waals surface area contributed by atoms with Gasteiger partial charge in [0.1, 0.15) is 6.10 Å². The normalized spacial score (nSPS) is 18.9. The lowest BCUT2D eigenvalue weighted by molar-refractivity contribution is -0.128. The number of benzene rings is 2. The van der Waals surface area contributed by atoms with Crippen LogP contribution < -0.4 is 14.8 Å². The van der Waals surface area contributed by atoms with E-state index in [4.69, 9.17) is 9.47 Å². The molecule has 0 bridgehead atoms. The van der Waals surface area contributed by atoms with Crippen LogP contribution in [0.1, 0.15) is 57.6 Å². The van der Waals surface area contributed by atoms with Gasteiger partial charge in [-0.15, -0.1) is 0 Å². The topological polar surface area (TPSA) is 47.6 Å². The second-order valence-corrected chi connectivity index (χ2v) is 7.42. The molecular weight excluding hydrogens is 326 g/mol. The largest absolute Gasteiger partial charge is 0.482 e. The van der Waals surface area contributed by atoms with Crippen molar-refractivity contribution in [1.82, 2.24) is 0 Å². The van der Waals surface area contributed by atoms with E-state index in [-0.39, 0.29) is 12.0 Å². The van der Waals surface area contributed by atoms with Gasteiger partial charge in [-0.3, -0.25) is 4.79 Å². The SMILES string of the molecule is CC(C)c1cccc(C(C)C)c1NC(=O)C1Oc2ccccc2OC1C. The van der Waals surface area contributed by atoms with E-state index >= 15 is 0 Å². The van der Waals surface area contributed by atoms with Crippen molar-refractivity contribution in [1.29, 1.82) is 0 Å². The predicted molar refractivity (Wildman–Crippen MR) is 104 cm³/mol. The van der Waals surface area contributed by atoms with Crippen molar-refractivity contribution < 1.29 is 14.3 Å². The van der Waals surface area contributed by atoms with Gasteiger partial charge < -0.3 is 14.8 Å². The molecule has 0 saturated heterocycles. The van der Waals surface area contributed by atoms with Gasteiger partial charge in [0.15, 0.2) is 11.5 Å². The maximum absolute atomic E-state index is 13.0. The summed E-state index contributed by atoms with van der Waals surface area (Å²) in [6, 6.07) is 13.6. The van der Waals surface area contributed by atoms with E-state index in [1.807, 2.05) is 31.2 Å². The molecule has 1 N–H and O–H groups in total. The van der Waals surface area contributed by atoms with Crippen molar-refractivity contribution in [3.8, 4) is 11.5 Å². The number of carbonyl (C=O) groups is 1. The molecule has 4 heteroatoms. The van der Waals surface area contributed by atoms with E-state index in [1.54, 1.807) is 0 Å². The van der Waals surface area contributed by atoms with E-state index in [9.17, 15) is 4.79 Å². The highest BCUT2D eigenvalue weighted by Crippen LogP contribution is 2.35. The highest BCUT2D eigenvalue weighted by atomic mass is 16.6. The average molecular weight is 353 g/mol. The summed E-state index contributed by atoms with van der Waals surface area (Å²) >= 11 is 0. The van der Waals surface area contributed by atoms with Gasteiger partial charge in [0.05, 0.1) is 0 Å². The first-order valence-corrected chi connectivity index (χ1v) is 9.24. The molecule has 0 aromatic heterocycles. The van der Waals surface area contributed by atoms with Crippen molar-refractivity contribution >= 4 is 11.6 Å². The Hall–Kier alpha value is -2.49. The molecule has 26 heavy (non-hydrogen) atoms. The molecule has 1 aliphatic rings. The van der Waals surface area contributed by atoms with Gasteiger partial charge in [-0.05, 0) is 42.0 Å². The fraction of sp³-hybridized carbons (Fsp3) is 0.409. The molecular formula is C22H27NO3. The third-order valence-electron chi connectivity index (χ3n) is 4.72. The number of hydrogen-bond acceptors (Lipinski definition) is 3. The lowest BCUT2D eigenvalue weighted by Crippen LogP contribution is -2.46. The van der Waals surface area contributed by atoms with E-state index in [0.717, 1.165) is 16.8 Å². The molecule has 0 spiro atoms. The molecule has 2 aromatic carbocycles. The molecule has 0 aliphatic carbocycles. The number of nitrogens with one attached hydrogen (secondary N) is 1. The van der Waals surface area contributed by atoms with Crippen LogP contribution >= 0.6 is 0 Å². The third-order valence-corrected chi connectivity index (χ3v) is 4.72. The molecule has 4 nitrogen and oxygen atoms in total. The molecule has 0 radical (unpaired) electrons. The van der Waals surface area contributed by atoms with Crippen LogP contribution in [0, 0.1) is 0 Å². The van der Waals surface area contributed by atoms with Crippen molar-refractivity contribution in [3.05, 3.63) is 53.6 Å². The minimum absolute atomic E-state index is 0.179. The van der Waals surface area contributed by atoms with E-state index < -0.39 is 6.10 Å². The molecule has 2 unspecified atom stereocenters. The summed E-state index contributed by atoms with van der Waals surface area (Å²) in [6.07, 6.45) is -1.05. The van der Waals surface area contributed by atoms with Crippen LogP contribution in [0.15, 0.2) is 42.5 Å². The molecule has 2 aromatic rings. The number of rotatable bonds is 4. The summed E-state index contributed by atoms with van der Waals surface area (Å²) in [5, 5.41) is 3.13. The van der Waals surface area contributed by atoms with Crippen molar-refractivity contribution in [2.45, 2.75) is 58.7 Å². The third kappa shape index (κ3) is 3.55. The summed E-state index contributed by atoms with van der Waals surface area (Å²) in [6.45, 7) is 10.4. The van der Waals surface area contributed by atoms with Crippen LogP contribution in [0.3, 0.4) is 0 Å². The lowest BCUT2D eigenvalue weighted by atomic mass is 9.92. The number of para-hydroxylation sites is 3. The number of hydrogen-bond donors (Lipinski definition) is 1. The number of anilines is 1. The number of ether oxygens (including phenoxy) is 2. The summed E-state index contributed by atoms with van der Waals surface area (Å²) in [5.74, 6) is 1.72. The quantitative estimate of drug-likeness (QED) is 0.832. The summed E-state index contributed by atoms with van der Waals surface area (Å²) < 4.78 is 11.8. The Bertz CT molecular complexity index is 771. The fourth-order valence-corrected chi connectivity index (χ4v) is 3.30. The van der Waals surface area contributed by atoms with Crippen molar-refractivity contribution in [3.63, 3.8) is 0 Å². The Labute approximate surface area is 155 Å². The van der Waals surface area contributed by atoms with E-state index in [0.29, 0.717) is 23.3 Å². The zero-order valence-electron chi connectivity index (χ0n) is 16.1. The standard InChI is InChI=1S/C22H27NO3/c1-13(2)16-9-8-10-17(14(3)4)20(16)23-22(24)21-15(5)25-18-11-6-7-12-19(18)26-21/h6-15,21H,1-5H3,(H,23,24). The van der Waals surface area contributed by atoms with Crippen LogP contribution in [0.4, 0.5) is 5.69 Å². The van der Waals surface area contributed by atoms with Gasteiger partial charge in [-0.1, -0.05) is 58.0 Å². The van der Waals surface area contributed by atoms with Gasteiger partial charge in [-0.25, -0.2) is 0 Å². The van der Waals surface area contributed by atoms with Gasteiger partial charge >= 0.3 is 0 Å². The zero-order chi connectivity index (χ0) is 18.8. The molecule has 2 atom stereocenters. The number of fused-ring (bicyclic) bond motifs is 1. The summed E-state index contributed by atoms with van der Waals surface area (Å²) in [5.41, 5.74) is 3.17. The minimum Gasteiger partial charge on any atom is -0.482 e. The molecule has 0 fully saturated rings. The fourth-order valence-electron chi connectivity index (χ4n) is 3.30. The minimum atomic E-state index is -0.690. The zero-order valence-corrected chi connectivity index (χ0v) is 16.1. The Morgan fingerprint density at radius 2 is 1.42 bits per heavy atom. The van der Waals surface area contributed by atoms with Crippen LogP contribution in [0.25, 0.3) is 0 Å². The smallest absolute Gasteiger partial charge is 0.269 e. The molecule has 3 rings (SSSR count). The second-order valence-electron chi connectivity index (χ2n) is 7.42. The highest BCUT2D eigenvalue weighted by molar-refractivity contribution is 5.96. The Morgan fingerprint density at radius 3 is 1.96 bits per heavy atom. The first-order chi connectivity index (χ1) is 12.4. The summed E-state index contributed by atoms with van der Waals surface area (Å²) in [4.78, 5) is 13.0. The lowest BCUT2D eigenvalue weighted by Gasteiger charge is -2.31. The van der Waals surface area contributed by atoms with Gasteiger partial charge in [0.2, 0.25) is 6.10 Å². The van der Waals surface area contributed by atoms with Gasteiger partial charge in [0, 0.05) is 5.69 Å². The average Bonchev–Trinajstić information content (AvgIpc) is 2.60. The molecule has 1 aliphatic heterocycles. The monoisotopic (exact) mass is 353 g/mol. The molecule has 1 amide bonds. The van der Waals surface area contributed by atoms with E-state index in [1.165, 1.54) is 0 Å². The Morgan fingerprint density at radius 1 is 0.885 bits per heavy atom. The van der Waals surface area contributed by atoms with Crippen LogP contribution in [-0.2, 0) is 4.79 Å². The molecule has 138 valence electrons.